The van der Waals surface area contributed by atoms with E-state index in [1.54, 1.807) is 4.90 Å². The average Bonchev–Trinajstić information content (AvgIpc) is 2.61. The molecule has 1 fully saturated rings. The molecule has 0 radical (unpaired) electrons. The Bertz CT molecular complexity index is 748. The molecule has 2 aromatic carbocycles. The van der Waals surface area contributed by atoms with Crippen LogP contribution >= 0.6 is 0 Å². The summed E-state index contributed by atoms with van der Waals surface area (Å²) in [5.41, 5.74) is 1.74. The fourth-order valence-electron chi connectivity index (χ4n) is 3.01. The first-order valence-corrected chi connectivity index (χ1v) is 8.13. The number of benzene rings is 2. The zero-order chi connectivity index (χ0) is 18.0. The van der Waals surface area contributed by atoms with Crippen LogP contribution in [0.4, 0.5) is 18.9 Å². The van der Waals surface area contributed by atoms with Crippen molar-refractivity contribution in [3.8, 4) is 0 Å². The van der Waals surface area contributed by atoms with Gasteiger partial charge in [-0.25, -0.2) is 0 Å². The molecule has 2 aromatic rings. The maximum atomic E-state index is 12.6. The largest absolute Gasteiger partial charge is 0.416 e. The summed E-state index contributed by atoms with van der Waals surface area (Å²) in [6, 6.07) is 12.6. The van der Waals surface area contributed by atoms with Gasteiger partial charge in [-0.05, 0) is 42.8 Å². The van der Waals surface area contributed by atoms with Crippen molar-refractivity contribution in [1.82, 2.24) is 4.90 Å². The summed E-state index contributed by atoms with van der Waals surface area (Å²) >= 11 is 0. The first kappa shape index (κ1) is 17.3. The van der Waals surface area contributed by atoms with Crippen molar-refractivity contribution in [3.05, 3.63) is 65.2 Å². The molecule has 0 N–H and O–H groups in total. The number of piperazine rings is 1. The number of carbonyl (C=O) groups is 1. The number of hydrogen-bond acceptors (Lipinski definition) is 2. The third-order valence-electron chi connectivity index (χ3n) is 4.50. The van der Waals surface area contributed by atoms with Crippen LogP contribution in [0.15, 0.2) is 48.5 Å². The van der Waals surface area contributed by atoms with E-state index >= 15 is 0 Å². The number of alkyl halides is 3. The van der Waals surface area contributed by atoms with E-state index in [0.717, 1.165) is 23.4 Å². The number of nitrogens with zero attached hydrogens (tertiary/aromatic N) is 2. The molecule has 1 heterocycles. The van der Waals surface area contributed by atoms with Gasteiger partial charge in [-0.3, -0.25) is 4.79 Å². The monoisotopic (exact) mass is 348 g/mol. The molecule has 1 saturated heterocycles. The second-order valence-corrected chi connectivity index (χ2v) is 6.14. The SMILES string of the molecule is Cc1ccccc1C(=O)N1CCN(c2ccc(C(F)(F)F)cc2)CC1. The Morgan fingerprint density at radius 2 is 1.52 bits per heavy atom. The third-order valence-corrected chi connectivity index (χ3v) is 4.50. The molecule has 1 amide bonds. The highest BCUT2D eigenvalue weighted by Crippen LogP contribution is 2.30. The van der Waals surface area contributed by atoms with Crippen LogP contribution in [0, 0.1) is 6.92 Å². The van der Waals surface area contributed by atoms with Gasteiger partial charge < -0.3 is 9.80 Å². The second-order valence-electron chi connectivity index (χ2n) is 6.14. The average molecular weight is 348 g/mol. The summed E-state index contributed by atoms with van der Waals surface area (Å²) in [6.45, 7) is 4.21. The molecule has 132 valence electrons. The molecular formula is C19H19F3N2O. The van der Waals surface area contributed by atoms with E-state index in [-0.39, 0.29) is 5.91 Å². The van der Waals surface area contributed by atoms with Gasteiger partial charge in [0.15, 0.2) is 0 Å². The quantitative estimate of drug-likeness (QED) is 0.820. The topological polar surface area (TPSA) is 23.6 Å². The fourth-order valence-corrected chi connectivity index (χ4v) is 3.01. The number of anilines is 1. The number of hydrogen-bond donors (Lipinski definition) is 0. The molecule has 1 aliphatic heterocycles. The molecule has 0 aliphatic carbocycles. The van der Waals surface area contributed by atoms with Crippen molar-refractivity contribution in [2.75, 3.05) is 31.1 Å². The lowest BCUT2D eigenvalue weighted by Gasteiger charge is -2.36. The summed E-state index contributed by atoms with van der Waals surface area (Å²) in [5.74, 6) is 0.00479. The van der Waals surface area contributed by atoms with E-state index < -0.39 is 11.7 Å². The van der Waals surface area contributed by atoms with E-state index in [0.29, 0.717) is 31.7 Å². The summed E-state index contributed by atoms with van der Waals surface area (Å²) in [7, 11) is 0. The predicted molar refractivity (Wildman–Crippen MR) is 90.7 cm³/mol. The highest BCUT2D eigenvalue weighted by atomic mass is 19.4. The fraction of sp³-hybridized carbons (Fsp3) is 0.316. The van der Waals surface area contributed by atoms with Gasteiger partial charge in [0.1, 0.15) is 0 Å². The van der Waals surface area contributed by atoms with Crippen LogP contribution in [-0.4, -0.2) is 37.0 Å². The number of halogens is 3. The van der Waals surface area contributed by atoms with Crippen LogP contribution < -0.4 is 4.90 Å². The lowest BCUT2D eigenvalue weighted by Crippen LogP contribution is -2.48. The Balaban J connectivity index is 1.64. The van der Waals surface area contributed by atoms with Crippen LogP contribution in [0.2, 0.25) is 0 Å². The smallest absolute Gasteiger partial charge is 0.368 e. The molecule has 3 nitrogen and oxygen atoms in total. The van der Waals surface area contributed by atoms with Gasteiger partial charge in [-0.2, -0.15) is 13.2 Å². The van der Waals surface area contributed by atoms with Crippen molar-refractivity contribution in [3.63, 3.8) is 0 Å². The zero-order valence-corrected chi connectivity index (χ0v) is 13.9. The minimum absolute atomic E-state index is 0.00479. The summed E-state index contributed by atoms with van der Waals surface area (Å²) < 4.78 is 37.9. The van der Waals surface area contributed by atoms with Gasteiger partial charge in [-0.1, -0.05) is 18.2 Å². The van der Waals surface area contributed by atoms with E-state index in [1.165, 1.54) is 12.1 Å². The molecule has 0 bridgehead atoms. The molecule has 0 saturated carbocycles. The third kappa shape index (κ3) is 3.78. The molecule has 3 rings (SSSR count). The molecule has 0 aromatic heterocycles. The van der Waals surface area contributed by atoms with E-state index in [4.69, 9.17) is 0 Å². The van der Waals surface area contributed by atoms with Crippen LogP contribution in [0.5, 0.6) is 0 Å². The molecular weight excluding hydrogens is 329 g/mol. The molecule has 0 spiro atoms. The molecule has 6 heteroatoms. The number of carbonyl (C=O) groups excluding carboxylic acids is 1. The van der Waals surface area contributed by atoms with Crippen molar-refractivity contribution in [2.24, 2.45) is 0 Å². The van der Waals surface area contributed by atoms with Crippen LogP contribution in [0.25, 0.3) is 0 Å². The molecule has 1 aliphatic rings. The Kier molecular flexibility index (Phi) is 4.70. The van der Waals surface area contributed by atoms with Gasteiger partial charge >= 0.3 is 6.18 Å². The van der Waals surface area contributed by atoms with Crippen molar-refractivity contribution < 1.29 is 18.0 Å². The second kappa shape index (κ2) is 6.78. The highest BCUT2D eigenvalue weighted by molar-refractivity contribution is 5.95. The van der Waals surface area contributed by atoms with E-state index in [2.05, 4.69) is 0 Å². The maximum absolute atomic E-state index is 12.6. The van der Waals surface area contributed by atoms with Gasteiger partial charge in [0.2, 0.25) is 0 Å². The first-order chi connectivity index (χ1) is 11.9. The normalized spacial score (nSPS) is 15.4. The lowest BCUT2D eigenvalue weighted by molar-refractivity contribution is -0.137. The molecule has 25 heavy (non-hydrogen) atoms. The van der Waals surface area contributed by atoms with Crippen molar-refractivity contribution in [1.29, 1.82) is 0 Å². The Morgan fingerprint density at radius 3 is 2.08 bits per heavy atom. The Hall–Kier alpha value is -2.50. The summed E-state index contributed by atoms with van der Waals surface area (Å²) in [4.78, 5) is 16.4. The summed E-state index contributed by atoms with van der Waals surface area (Å²) in [5, 5.41) is 0. The number of rotatable bonds is 2. The first-order valence-electron chi connectivity index (χ1n) is 8.13. The molecule has 0 atom stereocenters. The zero-order valence-electron chi connectivity index (χ0n) is 13.9. The minimum Gasteiger partial charge on any atom is -0.368 e. The van der Waals surface area contributed by atoms with Gasteiger partial charge in [-0.15, -0.1) is 0 Å². The Labute approximate surface area is 144 Å². The maximum Gasteiger partial charge on any atom is 0.416 e. The predicted octanol–water partition coefficient (Wildman–Crippen LogP) is 3.98. The van der Waals surface area contributed by atoms with Gasteiger partial charge in [0, 0.05) is 37.4 Å². The Morgan fingerprint density at radius 1 is 0.920 bits per heavy atom. The van der Waals surface area contributed by atoms with Crippen molar-refractivity contribution in [2.45, 2.75) is 13.1 Å². The summed E-state index contributed by atoms with van der Waals surface area (Å²) in [6.07, 6.45) is -4.32. The van der Waals surface area contributed by atoms with Crippen LogP contribution in [-0.2, 0) is 6.18 Å². The van der Waals surface area contributed by atoms with Crippen molar-refractivity contribution >= 4 is 11.6 Å². The van der Waals surface area contributed by atoms with Gasteiger partial charge in [0.05, 0.1) is 5.56 Å². The molecule has 0 unspecified atom stereocenters. The van der Waals surface area contributed by atoms with Gasteiger partial charge in [0.25, 0.3) is 5.91 Å². The minimum atomic E-state index is -4.32. The van der Waals surface area contributed by atoms with Crippen LogP contribution in [0.3, 0.4) is 0 Å². The number of amides is 1. The number of aryl methyl sites for hydroxylation is 1. The lowest BCUT2D eigenvalue weighted by atomic mass is 10.1. The standard InChI is InChI=1S/C19H19F3N2O/c1-14-4-2-3-5-17(14)18(25)24-12-10-23(11-13-24)16-8-6-15(7-9-16)19(20,21)22/h2-9H,10-13H2,1H3. The van der Waals surface area contributed by atoms with Crippen LogP contribution in [0.1, 0.15) is 21.5 Å². The van der Waals surface area contributed by atoms with E-state index in [1.807, 2.05) is 36.1 Å². The van der Waals surface area contributed by atoms with E-state index in [9.17, 15) is 18.0 Å². The highest BCUT2D eigenvalue weighted by Gasteiger charge is 2.30.